The third-order valence-electron chi connectivity index (χ3n) is 4.95. The molecule has 0 amide bonds. The van der Waals surface area contributed by atoms with Gasteiger partial charge in [-0.1, -0.05) is 18.2 Å². The standard InChI is InChI=1S/C21H22N4O4S/c1-28-19-7-3-2-5-15(19)17-13-18(24-14-23-17)21-16(22)6-4-8-20(21)30(26,27)25-9-11-29-12-10-25/h2-8,13-14H,9-12,22H2,1H3. The second-order valence-corrected chi connectivity index (χ2v) is 8.63. The van der Waals surface area contributed by atoms with Crippen molar-refractivity contribution in [2.75, 3.05) is 39.1 Å². The molecule has 0 aliphatic carbocycles. The summed E-state index contributed by atoms with van der Waals surface area (Å²) in [5, 5.41) is 0. The van der Waals surface area contributed by atoms with Crippen LogP contribution >= 0.6 is 0 Å². The number of ether oxygens (including phenoxy) is 2. The van der Waals surface area contributed by atoms with E-state index in [4.69, 9.17) is 15.2 Å². The Balaban J connectivity index is 1.84. The van der Waals surface area contributed by atoms with Crippen LogP contribution in [0.3, 0.4) is 0 Å². The fourth-order valence-corrected chi connectivity index (χ4v) is 5.10. The molecule has 1 fully saturated rings. The van der Waals surface area contributed by atoms with Gasteiger partial charge >= 0.3 is 0 Å². The molecule has 3 aromatic rings. The van der Waals surface area contributed by atoms with E-state index in [1.54, 1.807) is 31.4 Å². The van der Waals surface area contributed by atoms with E-state index >= 15 is 0 Å². The van der Waals surface area contributed by atoms with E-state index < -0.39 is 10.0 Å². The number of methoxy groups -OCH3 is 1. The van der Waals surface area contributed by atoms with E-state index in [0.29, 0.717) is 54.7 Å². The highest BCUT2D eigenvalue weighted by Crippen LogP contribution is 2.36. The van der Waals surface area contributed by atoms with Crippen molar-refractivity contribution in [1.82, 2.24) is 14.3 Å². The van der Waals surface area contributed by atoms with Gasteiger partial charge in [0.1, 0.15) is 12.1 Å². The second-order valence-electron chi connectivity index (χ2n) is 6.73. The first-order valence-electron chi connectivity index (χ1n) is 9.44. The van der Waals surface area contributed by atoms with Crippen LogP contribution in [-0.2, 0) is 14.8 Å². The highest BCUT2D eigenvalue weighted by molar-refractivity contribution is 7.89. The lowest BCUT2D eigenvalue weighted by molar-refractivity contribution is 0.0730. The van der Waals surface area contributed by atoms with Crippen molar-refractivity contribution in [2.24, 2.45) is 0 Å². The van der Waals surface area contributed by atoms with Gasteiger partial charge in [0.2, 0.25) is 10.0 Å². The summed E-state index contributed by atoms with van der Waals surface area (Å²) in [5.41, 5.74) is 8.73. The van der Waals surface area contributed by atoms with Crippen LogP contribution in [0.2, 0.25) is 0 Å². The van der Waals surface area contributed by atoms with Crippen LogP contribution in [-0.4, -0.2) is 56.1 Å². The molecule has 2 N–H and O–H groups in total. The minimum Gasteiger partial charge on any atom is -0.496 e. The number of benzene rings is 2. The normalized spacial score (nSPS) is 15.1. The number of nitrogens with two attached hydrogens (primary N) is 1. The minimum absolute atomic E-state index is 0.120. The van der Waals surface area contributed by atoms with Gasteiger partial charge in [0, 0.05) is 29.9 Å². The van der Waals surface area contributed by atoms with Crippen LogP contribution in [0.5, 0.6) is 5.75 Å². The number of nitrogen functional groups attached to an aromatic ring is 1. The van der Waals surface area contributed by atoms with Gasteiger partial charge in [-0.15, -0.1) is 0 Å². The van der Waals surface area contributed by atoms with E-state index in [-0.39, 0.29) is 4.90 Å². The van der Waals surface area contributed by atoms with Gasteiger partial charge in [0.05, 0.1) is 36.6 Å². The molecule has 9 heteroatoms. The van der Waals surface area contributed by atoms with Gasteiger partial charge in [0.25, 0.3) is 0 Å². The number of morpholine rings is 1. The molecule has 0 atom stereocenters. The minimum atomic E-state index is -3.77. The number of nitrogens with zero attached hydrogens (tertiary/aromatic N) is 3. The van der Waals surface area contributed by atoms with Crippen LogP contribution < -0.4 is 10.5 Å². The van der Waals surface area contributed by atoms with Gasteiger partial charge in [-0.25, -0.2) is 18.4 Å². The van der Waals surface area contributed by atoms with E-state index in [9.17, 15) is 8.42 Å². The Hall–Kier alpha value is -3.01. The first kappa shape index (κ1) is 20.3. The van der Waals surface area contributed by atoms with Crippen LogP contribution in [0.4, 0.5) is 5.69 Å². The smallest absolute Gasteiger partial charge is 0.243 e. The number of hydrogen-bond acceptors (Lipinski definition) is 7. The van der Waals surface area contributed by atoms with Gasteiger partial charge < -0.3 is 15.2 Å². The molecule has 1 saturated heterocycles. The molecule has 30 heavy (non-hydrogen) atoms. The maximum atomic E-state index is 13.3. The molecule has 4 rings (SSSR count). The molecule has 0 bridgehead atoms. The first-order valence-corrected chi connectivity index (χ1v) is 10.9. The number of anilines is 1. The topological polar surface area (TPSA) is 108 Å². The van der Waals surface area contributed by atoms with E-state index in [1.807, 2.05) is 24.3 Å². The van der Waals surface area contributed by atoms with Crippen molar-refractivity contribution in [1.29, 1.82) is 0 Å². The van der Waals surface area contributed by atoms with Crippen molar-refractivity contribution in [3.63, 3.8) is 0 Å². The van der Waals surface area contributed by atoms with E-state index in [0.717, 1.165) is 5.56 Å². The molecule has 1 aliphatic rings. The van der Waals surface area contributed by atoms with Crippen molar-refractivity contribution in [3.05, 3.63) is 54.9 Å². The molecule has 0 spiro atoms. The zero-order valence-electron chi connectivity index (χ0n) is 16.5. The summed E-state index contributed by atoms with van der Waals surface area (Å²) < 4.78 is 38.8. The lowest BCUT2D eigenvalue weighted by Gasteiger charge is -2.27. The highest BCUT2D eigenvalue weighted by atomic mass is 32.2. The summed E-state index contributed by atoms with van der Waals surface area (Å²) in [4.78, 5) is 8.80. The zero-order chi connectivity index (χ0) is 21.1. The van der Waals surface area contributed by atoms with Crippen LogP contribution in [0.25, 0.3) is 22.5 Å². The summed E-state index contributed by atoms with van der Waals surface area (Å²) in [5.74, 6) is 0.657. The fourth-order valence-electron chi connectivity index (χ4n) is 3.46. The monoisotopic (exact) mass is 426 g/mol. The Morgan fingerprint density at radius 2 is 1.77 bits per heavy atom. The van der Waals surface area contributed by atoms with Gasteiger partial charge in [-0.3, -0.25) is 0 Å². The summed E-state index contributed by atoms with van der Waals surface area (Å²) >= 11 is 0. The van der Waals surface area contributed by atoms with Crippen molar-refractivity contribution in [2.45, 2.75) is 4.90 Å². The molecular formula is C21H22N4O4S. The lowest BCUT2D eigenvalue weighted by atomic mass is 10.1. The molecule has 2 heterocycles. The molecule has 1 aromatic heterocycles. The van der Waals surface area contributed by atoms with Gasteiger partial charge in [0.15, 0.2) is 0 Å². The quantitative estimate of drug-likeness (QED) is 0.624. The van der Waals surface area contributed by atoms with Crippen LogP contribution in [0.1, 0.15) is 0 Å². The molecule has 0 radical (unpaired) electrons. The third kappa shape index (κ3) is 3.74. The van der Waals surface area contributed by atoms with Crippen molar-refractivity contribution >= 4 is 15.7 Å². The van der Waals surface area contributed by atoms with Crippen molar-refractivity contribution in [3.8, 4) is 28.3 Å². The zero-order valence-corrected chi connectivity index (χ0v) is 17.3. The summed E-state index contributed by atoms with van der Waals surface area (Å²) in [6.07, 6.45) is 1.40. The third-order valence-corrected chi connectivity index (χ3v) is 6.89. The predicted molar refractivity (Wildman–Crippen MR) is 113 cm³/mol. The number of hydrogen-bond donors (Lipinski definition) is 1. The maximum Gasteiger partial charge on any atom is 0.243 e. The number of rotatable bonds is 5. The lowest BCUT2D eigenvalue weighted by Crippen LogP contribution is -2.40. The molecular weight excluding hydrogens is 404 g/mol. The van der Waals surface area contributed by atoms with Gasteiger partial charge in [-0.2, -0.15) is 4.31 Å². The SMILES string of the molecule is COc1ccccc1-c1cc(-c2c(N)cccc2S(=O)(=O)N2CCOCC2)ncn1. The Morgan fingerprint density at radius 3 is 2.53 bits per heavy atom. The molecule has 8 nitrogen and oxygen atoms in total. The molecule has 1 aliphatic heterocycles. The van der Waals surface area contributed by atoms with Crippen LogP contribution in [0, 0.1) is 0 Å². The Labute approximate surface area is 175 Å². The molecule has 0 saturated carbocycles. The highest BCUT2D eigenvalue weighted by Gasteiger charge is 2.30. The second kappa shape index (κ2) is 8.39. The molecule has 0 unspecified atom stereocenters. The number of para-hydroxylation sites is 1. The number of sulfonamides is 1. The molecule has 156 valence electrons. The van der Waals surface area contributed by atoms with Crippen molar-refractivity contribution < 1.29 is 17.9 Å². The fraction of sp³-hybridized carbons (Fsp3) is 0.238. The average Bonchev–Trinajstić information content (AvgIpc) is 2.79. The predicted octanol–water partition coefficient (Wildman–Crippen LogP) is 2.42. The Morgan fingerprint density at radius 1 is 1.03 bits per heavy atom. The summed E-state index contributed by atoms with van der Waals surface area (Å²) in [7, 11) is -2.18. The van der Waals surface area contributed by atoms with Crippen LogP contribution in [0.15, 0.2) is 59.8 Å². The first-order chi connectivity index (χ1) is 14.5. The largest absolute Gasteiger partial charge is 0.496 e. The molecule has 2 aromatic carbocycles. The average molecular weight is 426 g/mol. The maximum absolute atomic E-state index is 13.3. The van der Waals surface area contributed by atoms with E-state index in [2.05, 4.69) is 9.97 Å². The Kier molecular flexibility index (Phi) is 5.67. The van der Waals surface area contributed by atoms with Gasteiger partial charge in [-0.05, 0) is 30.3 Å². The Bertz CT molecular complexity index is 1160. The van der Waals surface area contributed by atoms with E-state index in [1.165, 1.54) is 10.6 Å². The summed E-state index contributed by atoms with van der Waals surface area (Å²) in [6.45, 7) is 1.32. The summed E-state index contributed by atoms with van der Waals surface area (Å²) in [6, 6.07) is 14.0. The number of aromatic nitrogens is 2.